The Morgan fingerprint density at radius 2 is 1.67 bits per heavy atom. The second-order valence-electron chi connectivity index (χ2n) is 6.71. The third-order valence-electron chi connectivity index (χ3n) is 4.93. The van der Waals surface area contributed by atoms with E-state index in [0.717, 1.165) is 14.2 Å². The maximum atomic E-state index is 12.9. The molecule has 0 amide bonds. The number of anilines is 1. The van der Waals surface area contributed by atoms with Crippen LogP contribution in [0.3, 0.4) is 0 Å². The van der Waals surface area contributed by atoms with E-state index in [2.05, 4.69) is 0 Å². The Bertz CT molecular complexity index is 1160. The molecule has 7 nitrogen and oxygen atoms in total. The van der Waals surface area contributed by atoms with Gasteiger partial charge in [-0.05, 0) is 29.8 Å². The van der Waals surface area contributed by atoms with Gasteiger partial charge in [0.2, 0.25) is 0 Å². The molecular formula is C23H19F2N3O4S. The smallest absolute Gasteiger partial charge is 0.355 e. The Balaban J connectivity index is 2.30. The topological polar surface area (TPSA) is 106 Å². The van der Waals surface area contributed by atoms with Gasteiger partial charge in [-0.15, -0.1) is 0 Å². The number of hydrogen-bond acceptors (Lipinski definition) is 8. The third-order valence-corrected chi connectivity index (χ3v) is 5.65. The zero-order valence-electron chi connectivity index (χ0n) is 17.6. The van der Waals surface area contributed by atoms with Gasteiger partial charge >= 0.3 is 11.9 Å². The summed E-state index contributed by atoms with van der Waals surface area (Å²) in [4.78, 5) is 27.3. The van der Waals surface area contributed by atoms with Crippen LogP contribution in [-0.2, 0) is 19.1 Å². The van der Waals surface area contributed by atoms with Gasteiger partial charge in [-0.2, -0.15) is 14.0 Å². The van der Waals surface area contributed by atoms with Crippen molar-refractivity contribution < 1.29 is 27.8 Å². The number of hydrogen-bond donors (Lipinski definition) is 1. The molecule has 3 rings (SSSR count). The van der Waals surface area contributed by atoms with E-state index in [4.69, 9.17) is 15.2 Å². The Morgan fingerprint density at radius 3 is 2.18 bits per heavy atom. The van der Waals surface area contributed by atoms with Crippen molar-refractivity contribution in [3.05, 3.63) is 82.8 Å². The summed E-state index contributed by atoms with van der Waals surface area (Å²) in [7, 11) is 2.29. The van der Waals surface area contributed by atoms with Crippen molar-refractivity contribution in [1.82, 2.24) is 0 Å². The molecule has 0 saturated carbocycles. The summed E-state index contributed by atoms with van der Waals surface area (Å²) in [5.74, 6) is -5.43. The molecular weight excluding hydrogens is 452 g/mol. The number of ether oxygens (including phenoxy) is 2. The molecule has 0 spiro atoms. The lowest BCUT2D eigenvalue weighted by Crippen LogP contribution is -2.40. The summed E-state index contributed by atoms with van der Waals surface area (Å²) in [5, 5.41) is 9.96. The number of nitriles is 1. The highest BCUT2D eigenvalue weighted by Gasteiger charge is 2.42. The van der Waals surface area contributed by atoms with Crippen LogP contribution in [0.1, 0.15) is 11.5 Å². The number of nitrogens with two attached hydrogens (primary N) is 1. The highest BCUT2D eigenvalue weighted by atomic mass is 32.2. The molecule has 1 aliphatic rings. The number of carbonyl (C=O) groups excluding carboxylic acids is 2. The second kappa shape index (κ2) is 10.2. The van der Waals surface area contributed by atoms with Crippen LogP contribution in [0.15, 0.2) is 82.2 Å². The molecule has 170 valence electrons. The van der Waals surface area contributed by atoms with Crippen LogP contribution in [0.2, 0.25) is 0 Å². The number of carbonyl (C=O) groups is 2. The molecule has 0 fully saturated rings. The van der Waals surface area contributed by atoms with Crippen molar-refractivity contribution in [2.75, 3.05) is 19.1 Å². The third kappa shape index (κ3) is 4.68. The van der Waals surface area contributed by atoms with Crippen LogP contribution in [0.25, 0.3) is 0 Å². The summed E-state index contributed by atoms with van der Waals surface area (Å²) >= 11 is 0.353. The molecule has 2 N–H and O–H groups in total. The van der Waals surface area contributed by atoms with E-state index in [-0.39, 0.29) is 33.2 Å². The summed E-state index contributed by atoms with van der Waals surface area (Å²) in [6.45, 7) is 0. The lowest BCUT2D eigenvalue weighted by atomic mass is 9.81. The quantitative estimate of drug-likeness (QED) is 0.500. The van der Waals surface area contributed by atoms with Gasteiger partial charge in [-0.3, -0.25) is 4.90 Å². The second-order valence-corrected chi connectivity index (χ2v) is 7.77. The predicted molar refractivity (Wildman–Crippen MR) is 118 cm³/mol. The molecule has 0 bridgehead atoms. The van der Waals surface area contributed by atoms with E-state index < -0.39 is 23.6 Å². The molecule has 1 aliphatic heterocycles. The number of thioether (sulfide) groups is 1. The van der Waals surface area contributed by atoms with Gasteiger partial charge in [0.25, 0.3) is 5.76 Å². The van der Waals surface area contributed by atoms with Crippen molar-refractivity contribution >= 4 is 29.4 Å². The largest absolute Gasteiger partial charge is 0.466 e. The number of benzene rings is 2. The number of methoxy groups -OCH3 is 2. The van der Waals surface area contributed by atoms with Gasteiger partial charge in [0.1, 0.15) is 11.5 Å². The molecule has 0 aromatic heterocycles. The zero-order valence-corrected chi connectivity index (χ0v) is 18.4. The first kappa shape index (κ1) is 23.8. The molecule has 1 heterocycles. The first-order chi connectivity index (χ1) is 15.8. The lowest BCUT2D eigenvalue weighted by Gasteiger charge is -2.35. The highest BCUT2D eigenvalue weighted by Crippen LogP contribution is 2.43. The minimum Gasteiger partial charge on any atom is -0.466 e. The first-order valence-corrected chi connectivity index (χ1v) is 10.4. The number of rotatable bonds is 6. The Labute approximate surface area is 193 Å². The van der Waals surface area contributed by atoms with Crippen molar-refractivity contribution in [3.63, 3.8) is 0 Å². The minimum absolute atomic E-state index is 0.0142. The number of nitrogens with zero attached hydrogens (tertiary/aromatic N) is 2. The van der Waals surface area contributed by atoms with E-state index >= 15 is 0 Å². The first-order valence-electron chi connectivity index (χ1n) is 9.54. The van der Waals surface area contributed by atoms with Crippen molar-refractivity contribution in [2.24, 2.45) is 5.73 Å². The Hall–Kier alpha value is -3.84. The van der Waals surface area contributed by atoms with Crippen LogP contribution in [0.4, 0.5) is 14.5 Å². The van der Waals surface area contributed by atoms with E-state index in [1.807, 2.05) is 6.07 Å². The SMILES string of the molecule is COC(=O)C1=C(C(=O)OC)N(c2ccc(SC(F)F)cc2)C(N)=C(C#N)C1c1ccccc1. The van der Waals surface area contributed by atoms with Crippen LogP contribution >= 0.6 is 11.8 Å². The predicted octanol–water partition coefficient (Wildman–Crippen LogP) is 3.90. The number of esters is 2. The molecule has 1 atom stereocenters. The summed E-state index contributed by atoms with van der Waals surface area (Å²) in [5.41, 5.74) is 6.83. The number of allylic oxidation sites excluding steroid dienone is 1. The normalized spacial score (nSPS) is 16.0. The van der Waals surface area contributed by atoms with E-state index in [0.29, 0.717) is 17.3 Å². The molecule has 2 aromatic rings. The Morgan fingerprint density at radius 1 is 1.06 bits per heavy atom. The number of alkyl halides is 2. The van der Waals surface area contributed by atoms with Crippen LogP contribution in [-0.4, -0.2) is 31.9 Å². The van der Waals surface area contributed by atoms with E-state index in [1.165, 1.54) is 29.2 Å². The zero-order chi connectivity index (χ0) is 24.1. The summed E-state index contributed by atoms with van der Waals surface area (Å²) in [6, 6.07) is 16.4. The van der Waals surface area contributed by atoms with Gasteiger partial charge in [-0.1, -0.05) is 42.1 Å². The highest BCUT2D eigenvalue weighted by molar-refractivity contribution is 7.99. The molecule has 1 unspecified atom stereocenters. The summed E-state index contributed by atoms with van der Waals surface area (Å²) in [6.07, 6.45) is 0. The van der Waals surface area contributed by atoms with Gasteiger partial charge in [0, 0.05) is 10.6 Å². The van der Waals surface area contributed by atoms with E-state index in [1.54, 1.807) is 30.3 Å². The monoisotopic (exact) mass is 471 g/mol. The molecule has 0 aliphatic carbocycles. The maximum absolute atomic E-state index is 12.9. The van der Waals surface area contributed by atoms with Crippen LogP contribution in [0.5, 0.6) is 0 Å². The van der Waals surface area contributed by atoms with Gasteiger partial charge in [0.05, 0.1) is 37.4 Å². The van der Waals surface area contributed by atoms with Crippen molar-refractivity contribution in [2.45, 2.75) is 16.6 Å². The van der Waals surface area contributed by atoms with Gasteiger partial charge in [0.15, 0.2) is 0 Å². The van der Waals surface area contributed by atoms with Gasteiger partial charge < -0.3 is 15.2 Å². The van der Waals surface area contributed by atoms with Crippen LogP contribution < -0.4 is 10.6 Å². The fourth-order valence-corrected chi connectivity index (χ4v) is 4.06. The molecule has 33 heavy (non-hydrogen) atoms. The molecule has 0 radical (unpaired) electrons. The molecule has 2 aromatic carbocycles. The van der Waals surface area contributed by atoms with Crippen molar-refractivity contribution in [3.8, 4) is 6.07 Å². The molecule has 0 saturated heterocycles. The summed E-state index contributed by atoms with van der Waals surface area (Å²) < 4.78 is 35.3. The van der Waals surface area contributed by atoms with Crippen molar-refractivity contribution in [1.29, 1.82) is 5.26 Å². The van der Waals surface area contributed by atoms with Crippen LogP contribution in [0, 0.1) is 11.3 Å². The average molecular weight is 471 g/mol. The fraction of sp³-hybridized carbons (Fsp3) is 0.174. The average Bonchev–Trinajstić information content (AvgIpc) is 2.83. The maximum Gasteiger partial charge on any atom is 0.355 e. The van der Waals surface area contributed by atoms with E-state index in [9.17, 15) is 23.6 Å². The Kier molecular flexibility index (Phi) is 7.35. The lowest BCUT2D eigenvalue weighted by molar-refractivity contribution is -0.139. The molecule has 10 heteroatoms. The standard InChI is InChI=1S/C23H19F2N3O4S/c1-31-21(29)18-17(13-6-4-3-5-7-13)16(12-26)20(27)28(19(18)22(30)32-2)14-8-10-15(11-9-14)33-23(24)25/h3-11,17,23H,27H2,1-2H3. The van der Waals surface area contributed by atoms with Gasteiger partial charge in [-0.25, -0.2) is 9.59 Å². The minimum atomic E-state index is -2.61. The fourth-order valence-electron chi connectivity index (χ4n) is 3.56. The number of halogens is 2.